The lowest BCUT2D eigenvalue weighted by molar-refractivity contribution is 0.102. The van der Waals surface area contributed by atoms with Gasteiger partial charge in [-0.25, -0.2) is 4.98 Å². The third kappa shape index (κ3) is 4.10. The van der Waals surface area contributed by atoms with E-state index in [2.05, 4.69) is 27.1 Å². The molecule has 0 spiro atoms. The number of piperidine rings is 1. The van der Waals surface area contributed by atoms with E-state index in [4.69, 9.17) is 0 Å². The van der Waals surface area contributed by atoms with Gasteiger partial charge in [-0.3, -0.25) is 19.8 Å². The van der Waals surface area contributed by atoms with E-state index in [9.17, 15) is 9.59 Å². The molecule has 3 heterocycles. The van der Waals surface area contributed by atoms with Crippen LogP contribution in [0, 0.1) is 12.8 Å². The van der Waals surface area contributed by atoms with Gasteiger partial charge in [0.2, 0.25) is 0 Å². The van der Waals surface area contributed by atoms with Gasteiger partial charge in [0.1, 0.15) is 5.56 Å². The molecule has 24 heavy (non-hydrogen) atoms. The Morgan fingerprint density at radius 1 is 1.54 bits per heavy atom. The van der Waals surface area contributed by atoms with E-state index in [1.807, 2.05) is 5.38 Å². The number of anilines is 1. The molecule has 6 nitrogen and oxygen atoms in total. The normalized spacial score (nSPS) is 18.5. The lowest BCUT2D eigenvalue weighted by Gasteiger charge is -2.30. The topological polar surface area (TPSA) is 78.1 Å². The fraction of sp³-hybridized carbons (Fsp3) is 0.471. The van der Waals surface area contributed by atoms with Crippen LogP contribution in [0.4, 0.5) is 5.13 Å². The molecule has 2 aromatic rings. The number of aromatic amines is 1. The van der Waals surface area contributed by atoms with Crippen LogP contribution < -0.4 is 10.7 Å². The Labute approximate surface area is 144 Å². The number of rotatable bonds is 4. The number of hydrogen-bond acceptors (Lipinski definition) is 5. The highest BCUT2D eigenvalue weighted by molar-refractivity contribution is 7.13. The number of nitrogens with zero attached hydrogens (tertiary/aromatic N) is 2. The van der Waals surface area contributed by atoms with E-state index >= 15 is 0 Å². The Kier molecular flexibility index (Phi) is 5.11. The Hall–Kier alpha value is -1.99. The number of nitrogens with one attached hydrogen (secondary N) is 2. The Bertz CT molecular complexity index is 783. The monoisotopic (exact) mass is 346 g/mol. The summed E-state index contributed by atoms with van der Waals surface area (Å²) in [5.74, 6) is 0.300. The first-order valence-corrected chi connectivity index (χ1v) is 9.06. The van der Waals surface area contributed by atoms with Crippen LogP contribution in [0.3, 0.4) is 0 Å². The van der Waals surface area contributed by atoms with E-state index in [0.717, 1.165) is 36.9 Å². The van der Waals surface area contributed by atoms with Crippen LogP contribution in [0.25, 0.3) is 0 Å². The maximum absolute atomic E-state index is 12.2. The molecule has 2 N–H and O–H groups in total. The number of thiazole rings is 1. The number of aromatic nitrogens is 2. The summed E-state index contributed by atoms with van der Waals surface area (Å²) >= 11 is 1.39. The minimum Gasteiger partial charge on any atom is -0.364 e. The van der Waals surface area contributed by atoms with Crippen LogP contribution in [-0.4, -0.2) is 33.9 Å². The van der Waals surface area contributed by atoms with Crippen molar-refractivity contribution in [1.29, 1.82) is 0 Å². The summed E-state index contributed by atoms with van der Waals surface area (Å²) in [5, 5.41) is 5.21. The molecule has 1 amide bonds. The molecule has 0 aromatic carbocycles. The predicted octanol–water partition coefficient (Wildman–Crippen LogP) is 2.62. The van der Waals surface area contributed by atoms with Crippen molar-refractivity contribution in [2.24, 2.45) is 5.92 Å². The van der Waals surface area contributed by atoms with Gasteiger partial charge in [0.25, 0.3) is 5.91 Å². The van der Waals surface area contributed by atoms with E-state index in [1.54, 1.807) is 6.92 Å². The van der Waals surface area contributed by atoms with Gasteiger partial charge in [-0.05, 0) is 32.2 Å². The van der Waals surface area contributed by atoms with Gasteiger partial charge in [-0.1, -0.05) is 6.92 Å². The second-order valence-electron chi connectivity index (χ2n) is 6.47. The number of H-pyrrole nitrogens is 1. The highest BCUT2D eigenvalue weighted by Crippen LogP contribution is 2.21. The van der Waals surface area contributed by atoms with Crippen LogP contribution in [-0.2, 0) is 6.54 Å². The van der Waals surface area contributed by atoms with Gasteiger partial charge in [0.15, 0.2) is 10.6 Å². The molecule has 128 valence electrons. The van der Waals surface area contributed by atoms with Crippen LogP contribution in [0.2, 0.25) is 0 Å². The van der Waals surface area contributed by atoms with Crippen LogP contribution >= 0.6 is 11.3 Å². The van der Waals surface area contributed by atoms with Crippen molar-refractivity contribution in [3.05, 3.63) is 44.8 Å². The van der Waals surface area contributed by atoms with Gasteiger partial charge < -0.3 is 4.98 Å². The predicted molar refractivity (Wildman–Crippen MR) is 95.5 cm³/mol. The summed E-state index contributed by atoms with van der Waals surface area (Å²) in [6.07, 6.45) is 3.96. The minimum absolute atomic E-state index is 0.0993. The average molecular weight is 346 g/mol. The molecule has 1 saturated heterocycles. The molecular formula is C17H22N4O2S. The van der Waals surface area contributed by atoms with Crippen molar-refractivity contribution in [1.82, 2.24) is 14.9 Å². The highest BCUT2D eigenvalue weighted by Gasteiger charge is 2.18. The quantitative estimate of drug-likeness (QED) is 0.892. The number of pyridine rings is 1. The maximum Gasteiger partial charge on any atom is 0.262 e. The van der Waals surface area contributed by atoms with E-state index in [-0.39, 0.29) is 11.0 Å². The molecule has 1 aliphatic rings. The van der Waals surface area contributed by atoms with Crippen molar-refractivity contribution < 1.29 is 4.79 Å². The maximum atomic E-state index is 12.2. The number of carbonyl (C=O) groups is 1. The highest BCUT2D eigenvalue weighted by atomic mass is 32.1. The minimum atomic E-state index is -0.427. The van der Waals surface area contributed by atoms with Crippen LogP contribution in [0.1, 0.15) is 41.5 Å². The molecule has 3 rings (SSSR count). The number of hydrogen-bond donors (Lipinski definition) is 2. The number of aryl methyl sites for hydroxylation is 1. The van der Waals surface area contributed by atoms with Gasteiger partial charge in [-0.2, -0.15) is 0 Å². The summed E-state index contributed by atoms with van der Waals surface area (Å²) in [4.78, 5) is 33.8. The zero-order valence-corrected chi connectivity index (χ0v) is 14.8. The molecule has 0 saturated carbocycles. The van der Waals surface area contributed by atoms with Gasteiger partial charge in [-0.15, -0.1) is 11.3 Å². The van der Waals surface area contributed by atoms with Crippen molar-refractivity contribution >= 4 is 22.4 Å². The first-order chi connectivity index (χ1) is 11.5. The first kappa shape index (κ1) is 16.9. The van der Waals surface area contributed by atoms with Crippen molar-refractivity contribution in [2.45, 2.75) is 33.2 Å². The molecule has 1 aliphatic heterocycles. The third-order valence-corrected chi connectivity index (χ3v) is 5.01. The lowest BCUT2D eigenvalue weighted by Crippen LogP contribution is -2.33. The van der Waals surface area contributed by atoms with E-state index < -0.39 is 5.91 Å². The van der Waals surface area contributed by atoms with Gasteiger partial charge >= 0.3 is 0 Å². The summed E-state index contributed by atoms with van der Waals surface area (Å²) in [5.41, 5.74) is 1.50. The van der Waals surface area contributed by atoms with Gasteiger partial charge in [0, 0.05) is 36.4 Å². The fourth-order valence-electron chi connectivity index (χ4n) is 3.01. The van der Waals surface area contributed by atoms with Crippen molar-refractivity contribution in [3.8, 4) is 0 Å². The average Bonchev–Trinajstić information content (AvgIpc) is 2.94. The second kappa shape index (κ2) is 7.27. The molecule has 1 fully saturated rings. The zero-order chi connectivity index (χ0) is 17.1. The zero-order valence-electron chi connectivity index (χ0n) is 14.0. The van der Waals surface area contributed by atoms with Crippen molar-refractivity contribution in [3.63, 3.8) is 0 Å². The Morgan fingerprint density at radius 3 is 3.12 bits per heavy atom. The molecule has 1 atom stereocenters. The fourth-order valence-corrected chi connectivity index (χ4v) is 3.71. The molecule has 0 radical (unpaired) electrons. The molecule has 7 heteroatoms. The van der Waals surface area contributed by atoms with E-state index in [0.29, 0.717) is 5.13 Å². The smallest absolute Gasteiger partial charge is 0.262 e. The number of likely N-dealkylation sites (tertiary alicyclic amines) is 1. The summed E-state index contributed by atoms with van der Waals surface area (Å²) < 4.78 is 0. The SMILES string of the molecule is Cc1cc(=O)c(C(=O)Nc2nc(CN3CCC[C@@H](C)C3)cs2)c[nH]1. The second-order valence-corrected chi connectivity index (χ2v) is 7.33. The Balaban J connectivity index is 1.63. The summed E-state index contributed by atoms with van der Waals surface area (Å²) in [6, 6.07) is 1.42. The summed E-state index contributed by atoms with van der Waals surface area (Å²) in [7, 11) is 0. The third-order valence-electron chi connectivity index (χ3n) is 4.20. The number of carbonyl (C=O) groups excluding carboxylic acids is 1. The Morgan fingerprint density at radius 2 is 2.38 bits per heavy atom. The molecular weight excluding hydrogens is 324 g/mol. The molecule has 0 bridgehead atoms. The van der Waals surface area contributed by atoms with Crippen molar-refractivity contribution in [2.75, 3.05) is 18.4 Å². The van der Waals surface area contributed by atoms with Gasteiger partial charge in [0.05, 0.1) is 5.69 Å². The van der Waals surface area contributed by atoms with E-state index in [1.165, 1.54) is 36.4 Å². The molecule has 0 unspecified atom stereocenters. The molecule has 2 aromatic heterocycles. The largest absolute Gasteiger partial charge is 0.364 e. The van der Waals surface area contributed by atoms with Crippen LogP contribution in [0.5, 0.6) is 0 Å². The lowest BCUT2D eigenvalue weighted by atomic mass is 10.0. The molecule has 0 aliphatic carbocycles. The standard InChI is InChI=1S/C17H22N4O2S/c1-11-4-3-5-21(8-11)9-13-10-24-17(19-13)20-16(23)14-7-18-12(2)6-15(14)22/h6-7,10-11H,3-5,8-9H2,1-2H3,(H,18,22)(H,19,20,23)/t11-/m1/s1. The summed E-state index contributed by atoms with van der Waals surface area (Å²) in [6.45, 7) is 7.05. The first-order valence-electron chi connectivity index (χ1n) is 8.18. The number of amides is 1. The van der Waals surface area contributed by atoms with Crippen LogP contribution in [0.15, 0.2) is 22.4 Å².